The van der Waals surface area contributed by atoms with Crippen LogP contribution in [0.25, 0.3) is 0 Å². The maximum Gasteiger partial charge on any atom is 0.228 e. The van der Waals surface area contributed by atoms with Crippen LogP contribution < -0.4 is 5.32 Å². The van der Waals surface area contributed by atoms with Gasteiger partial charge in [-0.1, -0.05) is 28.1 Å². The first kappa shape index (κ1) is 13.6. The number of amides is 1. The van der Waals surface area contributed by atoms with Gasteiger partial charge in [-0.05, 0) is 35.4 Å². The Hall–Kier alpha value is -1.39. The minimum absolute atomic E-state index is 0.0306. The summed E-state index contributed by atoms with van der Waals surface area (Å²) in [5, 5.41) is 2.17. The van der Waals surface area contributed by atoms with Crippen LogP contribution in [0.5, 0.6) is 0 Å². The third-order valence-corrected chi connectivity index (χ3v) is 4.26. The molecule has 0 bridgehead atoms. The summed E-state index contributed by atoms with van der Waals surface area (Å²) >= 11 is 9.70. The van der Waals surface area contributed by atoms with E-state index in [-0.39, 0.29) is 11.7 Å². The lowest BCUT2D eigenvalue weighted by Gasteiger charge is -2.13. The minimum Gasteiger partial charge on any atom is -0.326 e. The molecule has 102 valence electrons. The van der Waals surface area contributed by atoms with E-state index in [2.05, 4.69) is 21.2 Å². The summed E-state index contributed by atoms with van der Waals surface area (Å²) in [6.45, 7) is 0. The van der Waals surface area contributed by atoms with Gasteiger partial charge in [0.15, 0.2) is 0 Å². The van der Waals surface area contributed by atoms with Gasteiger partial charge in [0.2, 0.25) is 5.91 Å². The standard InChI is InChI=1S/C15H10BrClFNO/c16-10-2-3-12(18)11(7-10)15(17)8-1-4-13-9(5-8)6-14(20)19-13/h1-5,7,15H,6H2,(H,19,20). The summed E-state index contributed by atoms with van der Waals surface area (Å²) in [5.74, 6) is -0.375. The number of halogens is 3. The maximum atomic E-state index is 13.9. The zero-order chi connectivity index (χ0) is 14.3. The average Bonchev–Trinajstić information content (AvgIpc) is 2.79. The molecule has 1 unspecified atom stereocenters. The zero-order valence-corrected chi connectivity index (χ0v) is 12.6. The van der Waals surface area contributed by atoms with Crippen LogP contribution in [0.4, 0.5) is 10.1 Å². The summed E-state index contributed by atoms with van der Waals surface area (Å²) in [6.07, 6.45) is 0.341. The van der Waals surface area contributed by atoms with E-state index in [0.29, 0.717) is 12.0 Å². The van der Waals surface area contributed by atoms with Crippen LogP contribution in [0.2, 0.25) is 0 Å². The zero-order valence-electron chi connectivity index (χ0n) is 10.3. The van der Waals surface area contributed by atoms with Gasteiger partial charge in [-0.2, -0.15) is 0 Å². The number of nitrogens with one attached hydrogen (secondary N) is 1. The SMILES string of the molecule is O=C1Cc2cc(C(Cl)c3cc(Br)ccc3F)ccc2N1. The van der Waals surface area contributed by atoms with Crippen LogP contribution in [-0.2, 0) is 11.2 Å². The smallest absolute Gasteiger partial charge is 0.228 e. The molecule has 0 saturated heterocycles. The third kappa shape index (κ3) is 2.45. The van der Waals surface area contributed by atoms with Gasteiger partial charge in [-0.3, -0.25) is 4.79 Å². The van der Waals surface area contributed by atoms with Gasteiger partial charge in [-0.25, -0.2) is 4.39 Å². The average molecular weight is 355 g/mol. The molecular weight excluding hydrogens is 345 g/mol. The van der Waals surface area contributed by atoms with E-state index >= 15 is 0 Å². The Bertz CT molecular complexity index is 704. The van der Waals surface area contributed by atoms with Gasteiger partial charge in [0, 0.05) is 15.7 Å². The summed E-state index contributed by atoms with van der Waals surface area (Å²) in [5.41, 5.74) is 2.89. The van der Waals surface area contributed by atoms with Crippen molar-refractivity contribution in [2.24, 2.45) is 0 Å². The molecule has 2 nitrogen and oxygen atoms in total. The van der Waals surface area contributed by atoms with Crippen LogP contribution in [0.15, 0.2) is 40.9 Å². The molecule has 1 aliphatic rings. The highest BCUT2D eigenvalue weighted by atomic mass is 79.9. The van der Waals surface area contributed by atoms with Crippen LogP contribution in [0, 0.1) is 5.82 Å². The van der Waals surface area contributed by atoms with Crippen LogP contribution in [0.3, 0.4) is 0 Å². The highest BCUT2D eigenvalue weighted by Crippen LogP contribution is 2.35. The third-order valence-electron chi connectivity index (χ3n) is 3.28. The van der Waals surface area contributed by atoms with Crippen molar-refractivity contribution in [1.82, 2.24) is 0 Å². The molecule has 0 fully saturated rings. The lowest BCUT2D eigenvalue weighted by atomic mass is 10.0. The lowest BCUT2D eigenvalue weighted by Crippen LogP contribution is -2.03. The summed E-state index contributed by atoms with van der Waals surface area (Å²) in [7, 11) is 0. The van der Waals surface area contributed by atoms with Crippen molar-refractivity contribution in [3.63, 3.8) is 0 Å². The fourth-order valence-corrected chi connectivity index (χ4v) is 2.98. The van der Waals surface area contributed by atoms with E-state index in [4.69, 9.17) is 11.6 Å². The first-order chi connectivity index (χ1) is 9.54. The van der Waals surface area contributed by atoms with Crippen molar-refractivity contribution < 1.29 is 9.18 Å². The molecule has 5 heteroatoms. The molecule has 1 heterocycles. The van der Waals surface area contributed by atoms with E-state index in [1.54, 1.807) is 18.2 Å². The second-order valence-corrected chi connectivity index (χ2v) is 6.02. The Labute approximate surface area is 129 Å². The topological polar surface area (TPSA) is 29.1 Å². The Morgan fingerprint density at radius 1 is 1.25 bits per heavy atom. The van der Waals surface area contributed by atoms with E-state index in [1.165, 1.54) is 6.07 Å². The molecule has 0 aromatic heterocycles. The van der Waals surface area contributed by atoms with Crippen molar-refractivity contribution in [2.45, 2.75) is 11.8 Å². The van der Waals surface area contributed by atoms with Gasteiger partial charge in [0.25, 0.3) is 0 Å². The maximum absolute atomic E-state index is 13.9. The number of carbonyl (C=O) groups excluding carboxylic acids is 1. The van der Waals surface area contributed by atoms with Crippen molar-refractivity contribution in [3.05, 3.63) is 63.4 Å². The van der Waals surface area contributed by atoms with Gasteiger partial charge in [0.1, 0.15) is 5.82 Å². The van der Waals surface area contributed by atoms with Crippen molar-refractivity contribution >= 4 is 39.1 Å². The first-order valence-electron chi connectivity index (χ1n) is 6.06. The molecule has 0 spiro atoms. The van der Waals surface area contributed by atoms with Gasteiger partial charge in [0.05, 0.1) is 11.8 Å². The van der Waals surface area contributed by atoms with E-state index in [1.807, 2.05) is 12.1 Å². The molecule has 1 atom stereocenters. The number of rotatable bonds is 2. The normalized spacial score (nSPS) is 14.8. The highest BCUT2D eigenvalue weighted by Gasteiger charge is 2.21. The van der Waals surface area contributed by atoms with Gasteiger partial charge in [-0.15, -0.1) is 11.6 Å². The van der Waals surface area contributed by atoms with E-state index in [9.17, 15) is 9.18 Å². The molecule has 2 aromatic rings. The van der Waals surface area contributed by atoms with E-state index in [0.717, 1.165) is 21.3 Å². The number of fused-ring (bicyclic) bond motifs is 1. The molecule has 1 N–H and O–H groups in total. The first-order valence-corrected chi connectivity index (χ1v) is 7.29. The molecule has 0 radical (unpaired) electrons. The number of hydrogen-bond acceptors (Lipinski definition) is 1. The second-order valence-electron chi connectivity index (χ2n) is 4.67. The Balaban J connectivity index is 1.99. The predicted molar refractivity (Wildman–Crippen MR) is 80.6 cm³/mol. The summed E-state index contributed by atoms with van der Waals surface area (Å²) in [6, 6.07) is 10.2. The Kier molecular flexibility index (Phi) is 3.52. The summed E-state index contributed by atoms with van der Waals surface area (Å²) in [4.78, 5) is 11.3. The van der Waals surface area contributed by atoms with Crippen LogP contribution >= 0.6 is 27.5 Å². The van der Waals surface area contributed by atoms with Crippen molar-refractivity contribution in [3.8, 4) is 0 Å². The molecule has 0 saturated carbocycles. The van der Waals surface area contributed by atoms with Gasteiger partial charge >= 0.3 is 0 Å². The predicted octanol–water partition coefficient (Wildman–Crippen LogP) is 4.41. The number of anilines is 1. The van der Waals surface area contributed by atoms with Gasteiger partial charge < -0.3 is 5.32 Å². The minimum atomic E-state index is -0.589. The number of carbonyl (C=O) groups is 1. The fourth-order valence-electron chi connectivity index (χ4n) is 2.30. The summed E-state index contributed by atoms with van der Waals surface area (Å²) < 4.78 is 14.6. The Morgan fingerprint density at radius 2 is 2.05 bits per heavy atom. The fraction of sp³-hybridized carbons (Fsp3) is 0.133. The molecule has 1 amide bonds. The lowest BCUT2D eigenvalue weighted by molar-refractivity contribution is -0.115. The molecule has 20 heavy (non-hydrogen) atoms. The molecule has 3 rings (SSSR count). The van der Waals surface area contributed by atoms with Crippen LogP contribution in [-0.4, -0.2) is 5.91 Å². The van der Waals surface area contributed by atoms with Crippen molar-refractivity contribution in [1.29, 1.82) is 0 Å². The van der Waals surface area contributed by atoms with Crippen molar-refractivity contribution in [2.75, 3.05) is 5.32 Å². The number of alkyl halides is 1. The largest absolute Gasteiger partial charge is 0.326 e. The molecular formula is C15H10BrClFNO. The number of benzene rings is 2. The van der Waals surface area contributed by atoms with E-state index < -0.39 is 5.38 Å². The van der Waals surface area contributed by atoms with Crippen LogP contribution in [0.1, 0.15) is 22.1 Å². The molecule has 0 aliphatic carbocycles. The molecule has 1 aliphatic heterocycles. The Morgan fingerprint density at radius 3 is 2.85 bits per heavy atom. The quantitative estimate of drug-likeness (QED) is 0.795. The highest BCUT2D eigenvalue weighted by molar-refractivity contribution is 9.10. The monoisotopic (exact) mass is 353 g/mol. The number of hydrogen-bond donors (Lipinski definition) is 1. The second kappa shape index (κ2) is 5.19. The molecule has 2 aromatic carbocycles.